The van der Waals surface area contributed by atoms with Gasteiger partial charge in [0.2, 0.25) is 5.91 Å². The van der Waals surface area contributed by atoms with E-state index in [9.17, 15) is 4.79 Å². The number of rotatable bonds is 8. The Labute approximate surface area is 148 Å². The number of benzene rings is 2. The van der Waals surface area contributed by atoms with E-state index in [2.05, 4.69) is 5.32 Å². The van der Waals surface area contributed by atoms with Gasteiger partial charge in [-0.25, -0.2) is 0 Å². The molecule has 2 aromatic rings. The Morgan fingerprint density at radius 3 is 2.32 bits per heavy atom. The average Bonchev–Trinajstić information content (AvgIpc) is 2.62. The lowest BCUT2D eigenvalue weighted by molar-refractivity contribution is -0.116. The van der Waals surface area contributed by atoms with E-state index >= 15 is 0 Å². The van der Waals surface area contributed by atoms with E-state index in [-0.39, 0.29) is 11.8 Å². The van der Waals surface area contributed by atoms with Crippen molar-refractivity contribution in [1.29, 1.82) is 0 Å². The molecule has 2 aromatic carbocycles. The molecule has 1 N–H and O–H groups in total. The smallest absolute Gasteiger partial charge is 0.224 e. The zero-order valence-electron chi connectivity index (χ0n) is 15.2. The molecule has 1 unspecified atom stereocenters. The third kappa shape index (κ3) is 5.14. The number of carbonyl (C=O) groups is 1. The second-order valence-corrected chi connectivity index (χ2v) is 5.72. The van der Waals surface area contributed by atoms with E-state index in [1.807, 2.05) is 56.3 Å². The molecule has 134 valence electrons. The molecule has 5 heteroatoms. The Kier molecular flexibility index (Phi) is 6.69. The summed E-state index contributed by atoms with van der Waals surface area (Å²) in [6.45, 7) is 4.56. The number of nitrogens with one attached hydrogen (secondary N) is 1. The Morgan fingerprint density at radius 2 is 1.72 bits per heavy atom. The minimum atomic E-state index is -0.0467. The van der Waals surface area contributed by atoms with Gasteiger partial charge in [0, 0.05) is 18.2 Å². The molecule has 2 rings (SSSR count). The Hall–Kier alpha value is -2.69. The van der Waals surface area contributed by atoms with Crippen molar-refractivity contribution >= 4 is 11.6 Å². The lowest BCUT2D eigenvalue weighted by atomic mass is 9.96. The molecule has 1 amide bonds. The van der Waals surface area contributed by atoms with Crippen LogP contribution in [0.4, 0.5) is 5.69 Å². The van der Waals surface area contributed by atoms with Gasteiger partial charge < -0.3 is 19.5 Å². The van der Waals surface area contributed by atoms with Gasteiger partial charge in [0.25, 0.3) is 0 Å². The van der Waals surface area contributed by atoms with Crippen LogP contribution in [0.5, 0.6) is 17.2 Å². The van der Waals surface area contributed by atoms with Crippen molar-refractivity contribution in [2.24, 2.45) is 0 Å². The predicted molar refractivity (Wildman–Crippen MR) is 98.8 cm³/mol. The molecule has 0 radical (unpaired) electrons. The van der Waals surface area contributed by atoms with E-state index in [1.54, 1.807) is 14.2 Å². The van der Waals surface area contributed by atoms with Crippen LogP contribution in [0.15, 0.2) is 42.5 Å². The number of methoxy groups -OCH3 is 2. The van der Waals surface area contributed by atoms with Gasteiger partial charge in [0.15, 0.2) is 0 Å². The van der Waals surface area contributed by atoms with Crippen LogP contribution in [-0.4, -0.2) is 26.7 Å². The third-order valence-corrected chi connectivity index (χ3v) is 3.91. The highest BCUT2D eigenvalue weighted by Crippen LogP contribution is 2.32. The molecule has 5 nitrogen and oxygen atoms in total. The second kappa shape index (κ2) is 8.97. The van der Waals surface area contributed by atoms with E-state index in [1.165, 1.54) is 0 Å². The number of hydrogen-bond donors (Lipinski definition) is 1. The number of carbonyl (C=O) groups excluding carboxylic acids is 1. The Balaban J connectivity index is 2.00. The Morgan fingerprint density at radius 1 is 1.04 bits per heavy atom. The highest BCUT2D eigenvalue weighted by Gasteiger charge is 2.16. The van der Waals surface area contributed by atoms with Crippen molar-refractivity contribution in [3.05, 3.63) is 48.0 Å². The van der Waals surface area contributed by atoms with E-state index in [4.69, 9.17) is 14.2 Å². The van der Waals surface area contributed by atoms with Crippen LogP contribution in [0.3, 0.4) is 0 Å². The number of hydrogen-bond acceptors (Lipinski definition) is 4. The van der Waals surface area contributed by atoms with Crippen LogP contribution in [0, 0.1) is 0 Å². The first-order valence-corrected chi connectivity index (χ1v) is 8.32. The molecule has 0 aromatic heterocycles. The quantitative estimate of drug-likeness (QED) is 0.779. The maximum absolute atomic E-state index is 12.3. The molecule has 0 aliphatic heterocycles. The predicted octanol–water partition coefficient (Wildman–Crippen LogP) is 4.23. The van der Waals surface area contributed by atoms with Crippen LogP contribution in [0.2, 0.25) is 0 Å². The summed E-state index contributed by atoms with van der Waals surface area (Å²) >= 11 is 0. The van der Waals surface area contributed by atoms with Gasteiger partial charge in [-0.2, -0.15) is 0 Å². The summed E-state index contributed by atoms with van der Waals surface area (Å²) in [4.78, 5) is 12.3. The molecule has 0 heterocycles. The van der Waals surface area contributed by atoms with Crippen molar-refractivity contribution in [1.82, 2.24) is 0 Å². The normalized spacial score (nSPS) is 11.5. The van der Waals surface area contributed by atoms with E-state index in [0.717, 1.165) is 28.5 Å². The first kappa shape index (κ1) is 18.6. The first-order chi connectivity index (χ1) is 12.1. The minimum Gasteiger partial charge on any atom is -0.497 e. The number of anilines is 1. The van der Waals surface area contributed by atoms with Gasteiger partial charge in [0.1, 0.15) is 17.2 Å². The maximum Gasteiger partial charge on any atom is 0.224 e. The van der Waals surface area contributed by atoms with Crippen molar-refractivity contribution < 1.29 is 19.0 Å². The Bertz CT molecular complexity index is 697. The molecule has 0 saturated carbocycles. The van der Waals surface area contributed by atoms with Gasteiger partial charge in [-0.1, -0.05) is 13.0 Å². The zero-order valence-corrected chi connectivity index (χ0v) is 15.2. The molecule has 0 aliphatic rings. The molecule has 0 spiro atoms. The number of ether oxygens (including phenoxy) is 3. The fourth-order valence-corrected chi connectivity index (χ4v) is 2.63. The van der Waals surface area contributed by atoms with Crippen LogP contribution in [0.25, 0.3) is 0 Å². The average molecular weight is 343 g/mol. The highest BCUT2D eigenvalue weighted by molar-refractivity contribution is 5.91. The standard InChI is InChI=1S/C20H25NO4/c1-5-25-16-8-6-15(7-9-16)21-20(22)12-14(2)18-11-10-17(23-3)13-19(18)24-4/h6-11,13-14H,5,12H2,1-4H3,(H,21,22). The molecular formula is C20H25NO4. The van der Waals surface area contributed by atoms with Gasteiger partial charge in [-0.05, 0) is 48.7 Å². The van der Waals surface area contributed by atoms with Crippen LogP contribution in [0.1, 0.15) is 31.7 Å². The fourth-order valence-electron chi connectivity index (χ4n) is 2.63. The maximum atomic E-state index is 12.3. The summed E-state index contributed by atoms with van der Waals surface area (Å²) in [5.41, 5.74) is 1.73. The zero-order chi connectivity index (χ0) is 18.2. The van der Waals surface area contributed by atoms with Crippen molar-refractivity contribution in [2.75, 3.05) is 26.1 Å². The molecule has 0 saturated heterocycles. The SMILES string of the molecule is CCOc1ccc(NC(=O)CC(C)c2ccc(OC)cc2OC)cc1. The lowest BCUT2D eigenvalue weighted by Gasteiger charge is -2.16. The summed E-state index contributed by atoms with van der Waals surface area (Å²) in [5, 5.41) is 2.91. The van der Waals surface area contributed by atoms with Crippen molar-refractivity contribution in [3.63, 3.8) is 0 Å². The minimum absolute atomic E-state index is 0.0172. The summed E-state index contributed by atoms with van der Waals surface area (Å²) in [5.74, 6) is 2.21. The molecule has 0 bridgehead atoms. The summed E-state index contributed by atoms with van der Waals surface area (Å²) in [7, 11) is 3.23. The monoisotopic (exact) mass is 343 g/mol. The topological polar surface area (TPSA) is 56.8 Å². The van der Waals surface area contributed by atoms with Crippen molar-refractivity contribution in [3.8, 4) is 17.2 Å². The number of amides is 1. The first-order valence-electron chi connectivity index (χ1n) is 8.32. The second-order valence-electron chi connectivity index (χ2n) is 5.72. The van der Waals surface area contributed by atoms with Gasteiger partial charge in [-0.15, -0.1) is 0 Å². The molecule has 25 heavy (non-hydrogen) atoms. The molecule has 0 fully saturated rings. The van der Waals surface area contributed by atoms with E-state index in [0.29, 0.717) is 13.0 Å². The van der Waals surface area contributed by atoms with Crippen LogP contribution >= 0.6 is 0 Å². The largest absolute Gasteiger partial charge is 0.497 e. The molecule has 0 aliphatic carbocycles. The fraction of sp³-hybridized carbons (Fsp3) is 0.350. The molecular weight excluding hydrogens is 318 g/mol. The third-order valence-electron chi connectivity index (χ3n) is 3.91. The van der Waals surface area contributed by atoms with Gasteiger partial charge in [0.05, 0.1) is 20.8 Å². The summed E-state index contributed by atoms with van der Waals surface area (Å²) in [6, 6.07) is 13.0. The van der Waals surface area contributed by atoms with Crippen LogP contribution < -0.4 is 19.5 Å². The van der Waals surface area contributed by atoms with Gasteiger partial charge >= 0.3 is 0 Å². The van der Waals surface area contributed by atoms with Crippen LogP contribution in [-0.2, 0) is 4.79 Å². The summed E-state index contributed by atoms with van der Waals surface area (Å²) < 4.78 is 16.0. The van der Waals surface area contributed by atoms with Crippen molar-refractivity contribution in [2.45, 2.75) is 26.2 Å². The van der Waals surface area contributed by atoms with E-state index < -0.39 is 0 Å². The lowest BCUT2D eigenvalue weighted by Crippen LogP contribution is -2.14. The molecule has 1 atom stereocenters. The highest BCUT2D eigenvalue weighted by atomic mass is 16.5. The summed E-state index contributed by atoms with van der Waals surface area (Å²) in [6.07, 6.45) is 0.357. The van der Waals surface area contributed by atoms with Gasteiger partial charge in [-0.3, -0.25) is 4.79 Å².